The molecule has 1 aromatic carbocycles. The molecule has 1 heterocycles. The van der Waals surface area contributed by atoms with Gasteiger partial charge in [0.2, 0.25) is 0 Å². The summed E-state index contributed by atoms with van der Waals surface area (Å²) in [7, 11) is 0. The largest absolute Gasteiger partial charge is 0.395 e. The van der Waals surface area contributed by atoms with Crippen molar-refractivity contribution in [2.24, 2.45) is 0 Å². The number of aromatic nitrogens is 2. The van der Waals surface area contributed by atoms with Gasteiger partial charge in [-0.05, 0) is 37.5 Å². The van der Waals surface area contributed by atoms with Crippen LogP contribution in [-0.4, -0.2) is 21.5 Å². The summed E-state index contributed by atoms with van der Waals surface area (Å²) in [5.41, 5.74) is 5.85. The van der Waals surface area contributed by atoms with Gasteiger partial charge in [-0.3, -0.25) is 4.68 Å². The van der Waals surface area contributed by atoms with Crippen molar-refractivity contribution in [1.29, 1.82) is 0 Å². The fourth-order valence-electron chi connectivity index (χ4n) is 2.55. The maximum absolute atomic E-state index is 8.83. The Balaban J connectivity index is 2.30. The van der Waals surface area contributed by atoms with Crippen LogP contribution in [0.3, 0.4) is 0 Å². The molecule has 0 bridgehead atoms. The second kappa shape index (κ2) is 7.10. The summed E-state index contributed by atoms with van der Waals surface area (Å²) in [5, 5.41) is 13.5. The minimum absolute atomic E-state index is 0.104. The summed E-state index contributed by atoms with van der Waals surface area (Å²) in [6.45, 7) is 7.19. The molecule has 2 rings (SSSR count). The highest BCUT2D eigenvalue weighted by Gasteiger charge is 2.10. The zero-order valence-electron chi connectivity index (χ0n) is 13.0. The molecule has 2 aromatic rings. The third kappa shape index (κ3) is 3.53. The van der Waals surface area contributed by atoms with Crippen LogP contribution >= 0.6 is 0 Å². The second-order valence-electron chi connectivity index (χ2n) is 5.09. The van der Waals surface area contributed by atoms with Crippen LogP contribution in [-0.2, 0) is 13.0 Å². The first-order valence-corrected chi connectivity index (χ1v) is 7.37. The molecular formula is C18H22N2O. The number of hydrogen-bond donors (Lipinski definition) is 1. The van der Waals surface area contributed by atoms with Crippen molar-refractivity contribution in [3.05, 3.63) is 52.3 Å². The van der Waals surface area contributed by atoms with Gasteiger partial charge < -0.3 is 5.11 Å². The Morgan fingerprint density at radius 3 is 2.67 bits per heavy atom. The highest BCUT2D eigenvalue weighted by molar-refractivity contribution is 5.41. The Bertz CT molecular complexity index is 674. The number of aliphatic hydroxyl groups is 1. The van der Waals surface area contributed by atoms with E-state index in [0.717, 1.165) is 29.8 Å². The summed E-state index contributed by atoms with van der Waals surface area (Å²) in [6.07, 6.45) is 1.52. The van der Waals surface area contributed by atoms with Crippen LogP contribution in [0, 0.1) is 25.7 Å². The summed E-state index contributed by atoms with van der Waals surface area (Å²) >= 11 is 0. The maximum Gasteiger partial charge on any atom is 0.0674 e. The molecule has 0 saturated carbocycles. The van der Waals surface area contributed by atoms with Crippen molar-refractivity contribution in [2.75, 3.05) is 6.61 Å². The van der Waals surface area contributed by atoms with Crippen LogP contribution in [0.25, 0.3) is 0 Å². The van der Waals surface area contributed by atoms with Crippen molar-refractivity contribution in [1.82, 2.24) is 9.78 Å². The normalized spacial score (nSPS) is 10.3. The number of benzene rings is 1. The predicted molar refractivity (Wildman–Crippen MR) is 85.2 cm³/mol. The van der Waals surface area contributed by atoms with E-state index in [2.05, 4.69) is 48.5 Å². The Kier molecular flexibility index (Phi) is 5.19. The van der Waals surface area contributed by atoms with Gasteiger partial charge in [-0.2, -0.15) is 5.10 Å². The van der Waals surface area contributed by atoms with Gasteiger partial charge in [-0.1, -0.05) is 37.0 Å². The molecule has 3 heteroatoms. The van der Waals surface area contributed by atoms with E-state index in [9.17, 15) is 0 Å². The quantitative estimate of drug-likeness (QED) is 0.876. The SMILES string of the molecule is CCc1c(C)nn(Cc2ccccc2C#CCCO)c1C. The summed E-state index contributed by atoms with van der Waals surface area (Å²) < 4.78 is 2.06. The number of aryl methyl sites for hydroxylation is 1. The molecule has 0 radical (unpaired) electrons. The molecule has 0 aliphatic carbocycles. The maximum atomic E-state index is 8.83. The van der Waals surface area contributed by atoms with Crippen LogP contribution in [0.15, 0.2) is 24.3 Å². The predicted octanol–water partition coefficient (Wildman–Crippen LogP) is 2.84. The van der Waals surface area contributed by atoms with E-state index in [-0.39, 0.29) is 6.61 Å². The monoisotopic (exact) mass is 282 g/mol. The number of nitrogens with zero attached hydrogens (tertiary/aromatic N) is 2. The molecule has 21 heavy (non-hydrogen) atoms. The van der Waals surface area contributed by atoms with Crippen LogP contribution < -0.4 is 0 Å². The van der Waals surface area contributed by atoms with Crippen LogP contribution in [0.5, 0.6) is 0 Å². The minimum Gasteiger partial charge on any atom is -0.395 e. The molecule has 0 aliphatic heterocycles. The lowest BCUT2D eigenvalue weighted by atomic mass is 10.1. The molecular weight excluding hydrogens is 260 g/mol. The number of hydrogen-bond acceptors (Lipinski definition) is 2. The molecule has 110 valence electrons. The molecule has 1 N–H and O–H groups in total. The van der Waals surface area contributed by atoms with Gasteiger partial charge in [0.25, 0.3) is 0 Å². The van der Waals surface area contributed by atoms with Gasteiger partial charge in [0.05, 0.1) is 18.8 Å². The van der Waals surface area contributed by atoms with E-state index in [1.165, 1.54) is 11.3 Å². The average Bonchev–Trinajstić information content (AvgIpc) is 2.75. The third-order valence-corrected chi connectivity index (χ3v) is 3.68. The first-order chi connectivity index (χ1) is 10.2. The van der Waals surface area contributed by atoms with Gasteiger partial charge in [-0.25, -0.2) is 0 Å². The van der Waals surface area contributed by atoms with Crippen LogP contribution in [0.1, 0.15) is 41.4 Å². The smallest absolute Gasteiger partial charge is 0.0674 e. The van der Waals surface area contributed by atoms with E-state index in [1.54, 1.807) is 0 Å². The van der Waals surface area contributed by atoms with Crippen molar-refractivity contribution in [3.63, 3.8) is 0 Å². The van der Waals surface area contributed by atoms with E-state index in [4.69, 9.17) is 5.11 Å². The van der Waals surface area contributed by atoms with Crippen LogP contribution in [0.2, 0.25) is 0 Å². The fourth-order valence-corrected chi connectivity index (χ4v) is 2.55. The van der Waals surface area contributed by atoms with Gasteiger partial charge in [0, 0.05) is 17.7 Å². The molecule has 0 amide bonds. The fraction of sp³-hybridized carbons (Fsp3) is 0.389. The first-order valence-electron chi connectivity index (χ1n) is 7.37. The summed E-state index contributed by atoms with van der Waals surface area (Å²) in [4.78, 5) is 0. The number of rotatable bonds is 4. The summed E-state index contributed by atoms with van der Waals surface area (Å²) in [5.74, 6) is 6.13. The van der Waals surface area contributed by atoms with Gasteiger partial charge in [-0.15, -0.1) is 0 Å². The van der Waals surface area contributed by atoms with Crippen molar-refractivity contribution < 1.29 is 5.11 Å². The van der Waals surface area contributed by atoms with E-state index < -0.39 is 0 Å². The number of aliphatic hydroxyl groups excluding tert-OH is 1. The van der Waals surface area contributed by atoms with Crippen molar-refractivity contribution in [3.8, 4) is 11.8 Å². The molecule has 0 spiro atoms. The Morgan fingerprint density at radius 2 is 2.00 bits per heavy atom. The summed E-state index contributed by atoms with van der Waals surface area (Å²) in [6, 6.07) is 8.13. The lowest BCUT2D eigenvalue weighted by Crippen LogP contribution is -2.06. The van der Waals surface area contributed by atoms with E-state index in [1.807, 2.05) is 18.2 Å². The molecule has 0 unspecified atom stereocenters. The zero-order chi connectivity index (χ0) is 15.2. The Labute approximate surface area is 126 Å². The first kappa shape index (κ1) is 15.3. The molecule has 0 saturated heterocycles. The Morgan fingerprint density at radius 1 is 1.24 bits per heavy atom. The lowest BCUT2D eigenvalue weighted by Gasteiger charge is -2.07. The van der Waals surface area contributed by atoms with Gasteiger partial charge in [0.1, 0.15) is 0 Å². The van der Waals surface area contributed by atoms with E-state index in [0.29, 0.717) is 6.42 Å². The third-order valence-electron chi connectivity index (χ3n) is 3.68. The van der Waals surface area contributed by atoms with Gasteiger partial charge >= 0.3 is 0 Å². The Hall–Kier alpha value is -2.05. The topological polar surface area (TPSA) is 38.0 Å². The average molecular weight is 282 g/mol. The molecule has 0 aliphatic rings. The van der Waals surface area contributed by atoms with Crippen molar-refractivity contribution >= 4 is 0 Å². The molecule has 1 aromatic heterocycles. The lowest BCUT2D eigenvalue weighted by molar-refractivity contribution is 0.305. The molecule has 0 fully saturated rings. The van der Waals surface area contributed by atoms with Crippen LogP contribution in [0.4, 0.5) is 0 Å². The van der Waals surface area contributed by atoms with E-state index >= 15 is 0 Å². The second-order valence-corrected chi connectivity index (χ2v) is 5.09. The minimum atomic E-state index is 0.104. The van der Waals surface area contributed by atoms with Gasteiger partial charge in [0.15, 0.2) is 0 Å². The molecule has 3 nitrogen and oxygen atoms in total. The highest BCUT2D eigenvalue weighted by Crippen LogP contribution is 2.16. The molecule has 0 atom stereocenters. The standard InChI is InChI=1S/C18H22N2O/c1-4-18-14(2)19-20(15(18)3)13-17-11-6-5-9-16(17)10-7-8-12-21/h5-6,9,11,21H,4,8,12-13H2,1-3H3. The highest BCUT2D eigenvalue weighted by atomic mass is 16.2. The zero-order valence-corrected chi connectivity index (χ0v) is 13.0. The van der Waals surface area contributed by atoms with Crippen molar-refractivity contribution in [2.45, 2.75) is 40.2 Å².